The van der Waals surface area contributed by atoms with Gasteiger partial charge >= 0.3 is 0 Å². The number of likely N-dealkylation sites (tertiary alicyclic amines) is 1. The molecule has 3 rings (SSSR count). The maximum Gasteiger partial charge on any atom is 0.115 e. The van der Waals surface area contributed by atoms with Crippen LogP contribution >= 0.6 is 11.6 Å². The summed E-state index contributed by atoms with van der Waals surface area (Å²) in [5.74, 6) is 1.07. The lowest BCUT2D eigenvalue weighted by molar-refractivity contribution is 0.230. The molecule has 96 valence electrons. The van der Waals surface area contributed by atoms with Crippen LogP contribution in [0, 0.1) is 0 Å². The number of imidazole rings is 1. The van der Waals surface area contributed by atoms with E-state index < -0.39 is 0 Å². The fraction of sp³-hybridized carbons (Fsp3) is 0.500. The number of pyridine rings is 1. The van der Waals surface area contributed by atoms with Crippen LogP contribution in [0.5, 0.6) is 0 Å². The summed E-state index contributed by atoms with van der Waals surface area (Å²) >= 11 is 6.23. The highest BCUT2D eigenvalue weighted by Crippen LogP contribution is 2.16. The normalized spacial score (nSPS) is 17.4. The van der Waals surface area contributed by atoms with Crippen molar-refractivity contribution in [3.63, 3.8) is 0 Å². The van der Waals surface area contributed by atoms with Gasteiger partial charge in [0.15, 0.2) is 0 Å². The Kier molecular flexibility index (Phi) is 3.52. The van der Waals surface area contributed by atoms with Gasteiger partial charge in [0.25, 0.3) is 0 Å². The topological polar surface area (TPSA) is 20.5 Å². The van der Waals surface area contributed by atoms with Crippen LogP contribution in [0.2, 0.25) is 5.15 Å². The van der Waals surface area contributed by atoms with Crippen LogP contribution in [0.3, 0.4) is 0 Å². The van der Waals surface area contributed by atoms with Gasteiger partial charge in [0, 0.05) is 13.0 Å². The van der Waals surface area contributed by atoms with Crippen LogP contribution in [0.4, 0.5) is 0 Å². The molecule has 1 fully saturated rings. The van der Waals surface area contributed by atoms with Gasteiger partial charge in [-0.1, -0.05) is 24.1 Å². The summed E-state index contributed by atoms with van der Waals surface area (Å²) < 4.78 is 2.05. The summed E-state index contributed by atoms with van der Waals surface area (Å²) in [7, 11) is 0. The minimum Gasteiger partial charge on any atom is -0.303 e. The van der Waals surface area contributed by atoms with Gasteiger partial charge in [-0.05, 0) is 38.1 Å². The van der Waals surface area contributed by atoms with Crippen molar-refractivity contribution < 1.29 is 0 Å². The predicted octanol–water partition coefficient (Wildman–Crippen LogP) is 3.02. The van der Waals surface area contributed by atoms with Crippen molar-refractivity contribution in [3.8, 4) is 0 Å². The molecule has 18 heavy (non-hydrogen) atoms. The van der Waals surface area contributed by atoms with E-state index in [-0.39, 0.29) is 0 Å². The Morgan fingerprint density at radius 2 is 2.00 bits per heavy atom. The molecular formula is C14H18ClN3. The quantitative estimate of drug-likeness (QED) is 0.794. The van der Waals surface area contributed by atoms with Crippen LogP contribution in [-0.4, -0.2) is 33.9 Å². The Morgan fingerprint density at radius 1 is 1.17 bits per heavy atom. The van der Waals surface area contributed by atoms with Crippen molar-refractivity contribution >= 4 is 17.1 Å². The SMILES string of the molecule is Clc1cccc2cnc(CCN3CCCCC3)n12. The average Bonchev–Trinajstić information content (AvgIpc) is 2.82. The number of piperidine rings is 1. The molecule has 0 unspecified atom stereocenters. The minimum atomic E-state index is 0.749. The number of fused-ring (bicyclic) bond motifs is 1. The summed E-state index contributed by atoms with van der Waals surface area (Å²) in [5.41, 5.74) is 1.08. The molecule has 0 radical (unpaired) electrons. The predicted molar refractivity (Wildman–Crippen MR) is 74.2 cm³/mol. The first-order valence-corrected chi connectivity index (χ1v) is 7.05. The molecule has 0 atom stereocenters. The van der Waals surface area contributed by atoms with Gasteiger partial charge in [-0.3, -0.25) is 4.40 Å². The molecule has 3 nitrogen and oxygen atoms in total. The van der Waals surface area contributed by atoms with E-state index in [9.17, 15) is 0 Å². The lowest BCUT2D eigenvalue weighted by atomic mass is 10.1. The largest absolute Gasteiger partial charge is 0.303 e. The summed E-state index contributed by atoms with van der Waals surface area (Å²) in [4.78, 5) is 7.02. The highest BCUT2D eigenvalue weighted by atomic mass is 35.5. The monoisotopic (exact) mass is 263 g/mol. The van der Waals surface area contributed by atoms with Crippen LogP contribution in [0.15, 0.2) is 24.4 Å². The van der Waals surface area contributed by atoms with E-state index >= 15 is 0 Å². The number of hydrogen-bond acceptors (Lipinski definition) is 2. The van der Waals surface area contributed by atoms with Crippen molar-refractivity contribution in [3.05, 3.63) is 35.4 Å². The molecule has 2 aromatic rings. The highest BCUT2D eigenvalue weighted by Gasteiger charge is 2.12. The Morgan fingerprint density at radius 3 is 2.83 bits per heavy atom. The van der Waals surface area contributed by atoms with E-state index in [4.69, 9.17) is 11.6 Å². The van der Waals surface area contributed by atoms with E-state index in [2.05, 4.69) is 9.88 Å². The zero-order chi connectivity index (χ0) is 12.4. The van der Waals surface area contributed by atoms with Gasteiger partial charge in [-0.25, -0.2) is 4.98 Å². The third-order valence-electron chi connectivity index (χ3n) is 3.68. The van der Waals surface area contributed by atoms with Crippen molar-refractivity contribution in [2.75, 3.05) is 19.6 Å². The molecule has 0 bridgehead atoms. The number of nitrogens with zero attached hydrogens (tertiary/aromatic N) is 3. The maximum absolute atomic E-state index is 6.23. The summed E-state index contributed by atoms with van der Waals surface area (Å²) in [5, 5.41) is 0.749. The Balaban J connectivity index is 1.74. The van der Waals surface area contributed by atoms with Crippen LogP contribution in [-0.2, 0) is 6.42 Å². The molecule has 0 amide bonds. The number of aromatic nitrogens is 2. The Hall–Kier alpha value is -1.06. The molecule has 1 aliphatic heterocycles. The standard InChI is InChI=1S/C14H18ClN3/c15-13-6-4-5-12-11-16-14(18(12)13)7-10-17-8-2-1-3-9-17/h4-6,11H,1-3,7-10H2. The summed E-state index contributed by atoms with van der Waals surface area (Å²) in [6.07, 6.45) is 6.93. The lowest BCUT2D eigenvalue weighted by Crippen LogP contribution is -2.31. The fourth-order valence-corrected chi connectivity index (χ4v) is 2.96. The number of rotatable bonds is 3. The lowest BCUT2D eigenvalue weighted by Gasteiger charge is -2.26. The minimum absolute atomic E-state index is 0.749. The maximum atomic E-state index is 6.23. The molecule has 0 aliphatic carbocycles. The molecular weight excluding hydrogens is 246 g/mol. The van der Waals surface area contributed by atoms with E-state index in [1.165, 1.54) is 32.4 Å². The van der Waals surface area contributed by atoms with Gasteiger partial charge in [0.2, 0.25) is 0 Å². The molecule has 1 aliphatic rings. The third-order valence-corrected chi connectivity index (χ3v) is 3.97. The zero-order valence-corrected chi connectivity index (χ0v) is 11.2. The first-order chi connectivity index (χ1) is 8.84. The molecule has 0 spiro atoms. The van der Waals surface area contributed by atoms with Crippen LogP contribution in [0.1, 0.15) is 25.1 Å². The van der Waals surface area contributed by atoms with E-state index in [1.807, 2.05) is 28.8 Å². The van der Waals surface area contributed by atoms with Gasteiger partial charge in [-0.15, -0.1) is 0 Å². The van der Waals surface area contributed by atoms with Crippen LogP contribution < -0.4 is 0 Å². The molecule has 3 heterocycles. The number of hydrogen-bond donors (Lipinski definition) is 0. The van der Waals surface area contributed by atoms with E-state index in [1.54, 1.807) is 0 Å². The van der Waals surface area contributed by atoms with Crippen LogP contribution in [0.25, 0.3) is 5.52 Å². The highest BCUT2D eigenvalue weighted by molar-refractivity contribution is 6.29. The van der Waals surface area contributed by atoms with Gasteiger partial charge in [0.1, 0.15) is 11.0 Å². The van der Waals surface area contributed by atoms with Gasteiger partial charge in [-0.2, -0.15) is 0 Å². The first-order valence-electron chi connectivity index (χ1n) is 6.68. The Bertz CT molecular complexity index is 529. The molecule has 0 N–H and O–H groups in total. The van der Waals surface area contributed by atoms with E-state index in [0.717, 1.165) is 29.5 Å². The second kappa shape index (κ2) is 5.29. The van der Waals surface area contributed by atoms with Crippen molar-refractivity contribution in [1.82, 2.24) is 14.3 Å². The molecule has 0 aromatic carbocycles. The van der Waals surface area contributed by atoms with E-state index in [0.29, 0.717) is 0 Å². The summed E-state index contributed by atoms with van der Waals surface area (Å²) in [6.45, 7) is 3.55. The molecule has 4 heteroatoms. The summed E-state index contributed by atoms with van der Waals surface area (Å²) in [6, 6.07) is 5.93. The second-order valence-corrected chi connectivity index (χ2v) is 5.32. The number of halogens is 1. The third kappa shape index (κ3) is 2.38. The van der Waals surface area contributed by atoms with Crippen molar-refractivity contribution in [1.29, 1.82) is 0 Å². The second-order valence-electron chi connectivity index (χ2n) is 4.94. The van der Waals surface area contributed by atoms with Crippen molar-refractivity contribution in [2.45, 2.75) is 25.7 Å². The average molecular weight is 264 g/mol. The molecule has 1 saturated heterocycles. The first kappa shape index (κ1) is 12.0. The van der Waals surface area contributed by atoms with Gasteiger partial charge < -0.3 is 4.90 Å². The van der Waals surface area contributed by atoms with Gasteiger partial charge in [0.05, 0.1) is 11.7 Å². The molecule has 0 saturated carbocycles. The smallest absolute Gasteiger partial charge is 0.115 e. The molecule has 2 aromatic heterocycles. The zero-order valence-electron chi connectivity index (χ0n) is 10.5. The fourth-order valence-electron chi connectivity index (χ4n) is 2.69. The Labute approximate surface area is 112 Å². The van der Waals surface area contributed by atoms with Crippen molar-refractivity contribution in [2.24, 2.45) is 0 Å².